The van der Waals surface area contributed by atoms with Gasteiger partial charge in [0.15, 0.2) is 0 Å². The number of amides is 1. The molecule has 4 heteroatoms. The number of carbonyl (C=O) groups excluding carboxylic acids is 1. The highest BCUT2D eigenvalue weighted by Gasteiger charge is 2.55. The monoisotopic (exact) mass is 285 g/mol. The smallest absolute Gasteiger partial charge is 0.241 e. The Morgan fingerprint density at radius 2 is 2.11 bits per heavy atom. The summed E-state index contributed by atoms with van der Waals surface area (Å²) in [5.41, 5.74) is 6.28. The van der Waals surface area contributed by atoms with Crippen molar-refractivity contribution in [2.45, 2.75) is 57.9 Å². The van der Waals surface area contributed by atoms with Crippen LogP contribution in [0.4, 0.5) is 0 Å². The first-order chi connectivity index (χ1) is 8.67. The molecular weight excluding hydrogens is 262 g/mol. The van der Waals surface area contributed by atoms with Gasteiger partial charge in [-0.3, -0.25) is 4.79 Å². The second-order valence-corrected chi connectivity index (χ2v) is 7.59. The van der Waals surface area contributed by atoms with E-state index in [1.54, 1.807) is 6.08 Å². The van der Waals surface area contributed by atoms with Gasteiger partial charge in [-0.1, -0.05) is 26.3 Å². The molecule has 1 amide bonds. The highest BCUT2D eigenvalue weighted by atomic mass is 35.5. The van der Waals surface area contributed by atoms with E-state index in [1.807, 2.05) is 0 Å². The molecule has 3 nitrogen and oxygen atoms in total. The Balaban J connectivity index is 2.30. The third kappa shape index (κ3) is 2.55. The van der Waals surface area contributed by atoms with Crippen LogP contribution in [0.5, 0.6) is 0 Å². The van der Waals surface area contributed by atoms with E-state index in [0.717, 1.165) is 24.8 Å². The Kier molecular flexibility index (Phi) is 3.74. The molecule has 2 fully saturated rings. The van der Waals surface area contributed by atoms with Crippen LogP contribution in [0.3, 0.4) is 0 Å². The molecule has 4 atom stereocenters. The molecular formula is C15H24ClNO2. The van der Waals surface area contributed by atoms with Crippen LogP contribution in [-0.4, -0.2) is 22.5 Å². The van der Waals surface area contributed by atoms with Crippen LogP contribution in [0.1, 0.15) is 46.5 Å². The molecule has 0 bridgehead atoms. The molecule has 0 aromatic rings. The third-order valence-electron chi connectivity index (χ3n) is 5.19. The molecule has 0 aromatic heterocycles. The minimum atomic E-state index is -0.481. The summed E-state index contributed by atoms with van der Waals surface area (Å²) in [6, 6.07) is 0. The van der Waals surface area contributed by atoms with E-state index in [0.29, 0.717) is 12.3 Å². The number of hydrogen-bond donors (Lipinski definition) is 2. The van der Waals surface area contributed by atoms with Gasteiger partial charge in [0, 0.05) is 6.08 Å². The number of alkyl halides is 1. The van der Waals surface area contributed by atoms with Gasteiger partial charge in [-0.25, -0.2) is 0 Å². The summed E-state index contributed by atoms with van der Waals surface area (Å²) in [5, 5.41) is 10.0. The highest BCUT2D eigenvalue weighted by Crippen LogP contribution is 2.59. The predicted molar refractivity (Wildman–Crippen MR) is 76.8 cm³/mol. The van der Waals surface area contributed by atoms with E-state index in [9.17, 15) is 9.90 Å². The molecule has 0 radical (unpaired) electrons. The largest absolute Gasteiger partial charge is 0.392 e. The van der Waals surface area contributed by atoms with Crippen LogP contribution >= 0.6 is 11.6 Å². The van der Waals surface area contributed by atoms with Crippen molar-refractivity contribution in [2.24, 2.45) is 22.5 Å². The molecule has 0 spiro atoms. The Labute approximate surface area is 120 Å². The minimum Gasteiger partial charge on any atom is -0.392 e. The molecule has 0 aliphatic heterocycles. The fourth-order valence-corrected chi connectivity index (χ4v) is 4.73. The zero-order chi connectivity index (χ0) is 14.4. The summed E-state index contributed by atoms with van der Waals surface area (Å²) in [6.07, 6.45) is 4.54. The predicted octanol–water partition coefficient (Wildman–Crippen LogP) is 2.60. The fourth-order valence-electron chi connectivity index (χ4n) is 4.49. The molecule has 2 saturated carbocycles. The molecule has 2 rings (SSSR count). The second-order valence-electron chi connectivity index (χ2n) is 7.12. The number of aliphatic hydroxyl groups is 1. The average molecular weight is 286 g/mol. The van der Waals surface area contributed by atoms with Crippen LogP contribution in [0, 0.1) is 16.7 Å². The number of primary amides is 1. The van der Waals surface area contributed by atoms with Crippen molar-refractivity contribution in [1.29, 1.82) is 0 Å². The molecule has 2 aliphatic rings. The van der Waals surface area contributed by atoms with Crippen molar-refractivity contribution in [1.82, 2.24) is 0 Å². The number of aliphatic hydroxyl groups excluding tert-OH is 1. The van der Waals surface area contributed by atoms with Gasteiger partial charge in [0.25, 0.3) is 0 Å². The molecule has 2 aliphatic carbocycles. The zero-order valence-electron chi connectivity index (χ0n) is 11.9. The van der Waals surface area contributed by atoms with Crippen molar-refractivity contribution in [3.8, 4) is 0 Å². The van der Waals surface area contributed by atoms with E-state index < -0.39 is 6.10 Å². The van der Waals surface area contributed by atoms with Gasteiger partial charge in [-0.15, -0.1) is 11.6 Å². The number of fused-ring (bicyclic) bond motifs is 1. The van der Waals surface area contributed by atoms with Crippen LogP contribution in [0.15, 0.2) is 11.6 Å². The van der Waals surface area contributed by atoms with E-state index in [4.69, 9.17) is 17.3 Å². The molecule has 3 N–H and O–H groups in total. The van der Waals surface area contributed by atoms with Gasteiger partial charge in [-0.05, 0) is 42.4 Å². The van der Waals surface area contributed by atoms with Crippen LogP contribution in [0.25, 0.3) is 0 Å². The Morgan fingerprint density at radius 1 is 1.47 bits per heavy atom. The summed E-state index contributed by atoms with van der Waals surface area (Å²) in [5.74, 6) is 0.0961. The van der Waals surface area contributed by atoms with Crippen molar-refractivity contribution in [3.05, 3.63) is 11.6 Å². The van der Waals surface area contributed by atoms with Gasteiger partial charge in [0.1, 0.15) is 0 Å². The first-order valence-electron chi connectivity index (χ1n) is 6.98. The molecule has 108 valence electrons. The van der Waals surface area contributed by atoms with Crippen LogP contribution in [0.2, 0.25) is 0 Å². The summed E-state index contributed by atoms with van der Waals surface area (Å²) in [4.78, 5) is 11.1. The zero-order valence-corrected chi connectivity index (χ0v) is 12.7. The molecule has 0 heterocycles. The van der Waals surface area contributed by atoms with Gasteiger partial charge in [0.05, 0.1) is 11.5 Å². The third-order valence-corrected chi connectivity index (χ3v) is 6.05. The normalized spacial score (nSPS) is 43.8. The number of allylic oxidation sites excluding steroid dienone is 1. The quantitative estimate of drug-likeness (QED) is 0.574. The average Bonchev–Trinajstić information content (AvgIpc) is 2.24. The molecule has 19 heavy (non-hydrogen) atoms. The molecule has 0 aromatic carbocycles. The maximum absolute atomic E-state index is 11.1. The summed E-state index contributed by atoms with van der Waals surface area (Å²) >= 11 is 6.42. The second kappa shape index (κ2) is 4.78. The maximum Gasteiger partial charge on any atom is 0.241 e. The van der Waals surface area contributed by atoms with Crippen molar-refractivity contribution in [2.75, 3.05) is 0 Å². The number of carbonyl (C=O) groups is 1. The Hall–Kier alpha value is -0.540. The van der Waals surface area contributed by atoms with Crippen molar-refractivity contribution < 1.29 is 9.90 Å². The fraction of sp³-hybridized carbons (Fsp3) is 0.800. The lowest BCUT2D eigenvalue weighted by Gasteiger charge is -2.57. The van der Waals surface area contributed by atoms with Crippen LogP contribution < -0.4 is 5.73 Å². The minimum absolute atomic E-state index is 0.00778. The lowest BCUT2D eigenvalue weighted by molar-refractivity contribution is -0.113. The van der Waals surface area contributed by atoms with Crippen LogP contribution in [-0.2, 0) is 4.79 Å². The van der Waals surface area contributed by atoms with Crippen molar-refractivity contribution >= 4 is 17.5 Å². The maximum atomic E-state index is 11.1. The van der Waals surface area contributed by atoms with Crippen molar-refractivity contribution in [3.63, 3.8) is 0 Å². The Morgan fingerprint density at radius 3 is 2.68 bits per heavy atom. The Bertz CT molecular complexity index is 418. The standard InChI is InChI=1S/C15H24ClNO2/c1-14(2)11-5-4-9(6-12(17)19)7-15(11,3)8-10(18)13(14)16/h6,10-11,13,18H,4-5,7-8H2,1-3H3,(H2,17,19)/b9-6-/t10-,11-,13-,15-/m0/s1. The number of rotatable bonds is 1. The van der Waals surface area contributed by atoms with E-state index in [1.165, 1.54) is 0 Å². The number of nitrogens with two attached hydrogens (primary N) is 1. The highest BCUT2D eigenvalue weighted by molar-refractivity contribution is 6.21. The number of hydrogen-bond acceptors (Lipinski definition) is 2. The summed E-state index contributed by atoms with van der Waals surface area (Å²) in [6.45, 7) is 6.51. The lowest BCUT2D eigenvalue weighted by Crippen LogP contribution is -2.55. The first-order valence-corrected chi connectivity index (χ1v) is 7.41. The summed E-state index contributed by atoms with van der Waals surface area (Å²) < 4.78 is 0. The topological polar surface area (TPSA) is 63.3 Å². The molecule has 0 saturated heterocycles. The van der Waals surface area contributed by atoms with E-state index in [-0.39, 0.29) is 22.1 Å². The summed E-state index contributed by atoms with van der Waals surface area (Å²) in [7, 11) is 0. The van der Waals surface area contributed by atoms with Gasteiger partial charge >= 0.3 is 0 Å². The van der Waals surface area contributed by atoms with Gasteiger partial charge in [-0.2, -0.15) is 0 Å². The number of halogens is 1. The van der Waals surface area contributed by atoms with Gasteiger partial charge in [0.2, 0.25) is 5.91 Å². The van der Waals surface area contributed by atoms with E-state index in [2.05, 4.69) is 20.8 Å². The lowest BCUT2D eigenvalue weighted by atomic mass is 9.50. The first kappa shape index (κ1) is 14.9. The molecule has 0 unspecified atom stereocenters. The SMILES string of the molecule is CC1(C)[C@@H](Cl)[C@@H](O)C[C@]2(C)C/C(=C\C(N)=O)CC[C@@H]12. The van der Waals surface area contributed by atoms with E-state index >= 15 is 0 Å². The van der Waals surface area contributed by atoms with Gasteiger partial charge < -0.3 is 10.8 Å².